The third kappa shape index (κ3) is 5.09. The van der Waals surface area contributed by atoms with Gasteiger partial charge in [0.1, 0.15) is 0 Å². The zero-order valence-electron chi connectivity index (χ0n) is 8.44. The summed E-state index contributed by atoms with van der Waals surface area (Å²) in [5, 5.41) is 9.31. The lowest BCUT2D eigenvalue weighted by Gasteiger charge is -2.07. The maximum atomic E-state index is 10.4. The topological polar surface area (TPSA) is 37.3 Å². The molecule has 1 aromatic carbocycles. The molecule has 1 aromatic rings. The van der Waals surface area contributed by atoms with Crippen molar-refractivity contribution in [3.63, 3.8) is 0 Å². The Kier molecular flexibility index (Phi) is 4.99. The van der Waals surface area contributed by atoms with Gasteiger partial charge in [-0.15, -0.1) is 11.8 Å². The Hall–Kier alpha value is -0.670. The van der Waals surface area contributed by atoms with Crippen molar-refractivity contribution in [2.24, 2.45) is 5.92 Å². The zero-order chi connectivity index (χ0) is 11.3. The normalized spacial score (nSPS) is 12.4. The molecule has 1 rings (SSSR count). The fourth-order valence-corrected chi connectivity index (χ4v) is 2.18. The molecule has 0 heterocycles. The minimum Gasteiger partial charge on any atom is -0.481 e. The summed E-state index contributed by atoms with van der Waals surface area (Å²) in [5.74, 6) is 0.260. The van der Waals surface area contributed by atoms with Crippen LogP contribution in [0.4, 0.5) is 0 Å². The summed E-state index contributed by atoms with van der Waals surface area (Å²) in [6.07, 6.45) is 0.223. The summed E-state index contributed by atoms with van der Waals surface area (Å²) in [6, 6.07) is 7.57. The molecule has 0 fully saturated rings. The molecule has 2 nitrogen and oxygen atoms in total. The molecule has 0 aliphatic carbocycles. The Morgan fingerprint density at radius 1 is 1.47 bits per heavy atom. The van der Waals surface area contributed by atoms with Crippen molar-refractivity contribution in [2.45, 2.75) is 18.2 Å². The molecule has 0 aliphatic heterocycles. The van der Waals surface area contributed by atoms with Gasteiger partial charge in [0.15, 0.2) is 0 Å². The first-order valence-electron chi connectivity index (χ1n) is 4.68. The molecule has 0 radical (unpaired) electrons. The maximum Gasteiger partial charge on any atom is 0.303 e. The van der Waals surface area contributed by atoms with Crippen LogP contribution in [0.1, 0.15) is 13.3 Å². The summed E-state index contributed by atoms with van der Waals surface area (Å²) in [5.41, 5.74) is 0. The first-order chi connectivity index (χ1) is 7.08. The van der Waals surface area contributed by atoms with E-state index in [9.17, 15) is 4.79 Å². The van der Waals surface area contributed by atoms with Gasteiger partial charge in [0.25, 0.3) is 0 Å². The lowest BCUT2D eigenvalue weighted by Crippen LogP contribution is -2.06. The van der Waals surface area contributed by atoms with E-state index in [1.807, 2.05) is 31.2 Å². The lowest BCUT2D eigenvalue weighted by atomic mass is 10.1. The highest BCUT2D eigenvalue weighted by Gasteiger charge is 2.07. The predicted octanol–water partition coefficient (Wildman–Crippen LogP) is 3.54. The van der Waals surface area contributed by atoms with Crippen molar-refractivity contribution in [3.8, 4) is 0 Å². The van der Waals surface area contributed by atoms with Crippen LogP contribution in [0, 0.1) is 5.92 Å². The Balaban J connectivity index is 2.36. The summed E-state index contributed by atoms with van der Waals surface area (Å²) in [7, 11) is 0. The number of hydrogen-bond acceptors (Lipinski definition) is 2. The molecule has 1 N–H and O–H groups in total. The molecular formula is C11H13ClO2S. The van der Waals surface area contributed by atoms with E-state index in [-0.39, 0.29) is 12.3 Å². The van der Waals surface area contributed by atoms with Crippen molar-refractivity contribution in [3.05, 3.63) is 29.3 Å². The van der Waals surface area contributed by atoms with Crippen LogP contribution in [-0.2, 0) is 4.79 Å². The fourth-order valence-electron chi connectivity index (χ4n) is 1.13. The SMILES string of the molecule is CC(CSc1ccc(Cl)cc1)CC(=O)O. The van der Waals surface area contributed by atoms with Gasteiger partial charge in [0.05, 0.1) is 0 Å². The second-order valence-electron chi connectivity index (χ2n) is 3.47. The number of rotatable bonds is 5. The average molecular weight is 245 g/mol. The highest BCUT2D eigenvalue weighted by Crippen LogP contribution is 2.23. The molecule has 0 aromatic heterocycles. The highest BCUT2D eigenvalue weighted by molar-refractivity contribution is 7.99. The first-order valence-corrected chi connectivity index (χ1v) is 6.04. The quantitative estimate of drug-likeness (QED) is 0.805. The number of carbonyl (C=O) groups is 1. The molecule has 0 saturated carbocycles. The van der Waals surface area contributed by atoms with E-state index < -0.39 is 5.97 Å². The summed E-state index contributed by atoms with van der Waals surface area (Å²) >= 11 is 7.41. The molecule has 1 unspecified atom stereocenters. The summed E-state index contributed by atoms with van der Waals surface area (Å²) in [4.78, 5) is 11.6. The van der Waals surface area contributed by atoms with Gasteiger partial charge in [-0.2, -0.15) is 0 Å². The number of halogens is 1. The van der Waals surface area contributed by atoms with Crippen LogP contribution in [0.2, 0.25) is 5.02 Å². The van der Waals surface area contributed by atoms with Crippen molar-refractivity contribution in [1.82, 2.24) is 0 Å². The van der Waals surface area contributed by atoms with Crippen molar-refractivity contribution >= 4 is 29.3 Å². The van der Waals surface area contributed by atoms with Crippen LogP contribution in [0.3, 0.4) is 0 Å². The van der Waals surface area contributed by atoms with E-state index in [1.54, 1.807) is 11.8 Å². The van der Waals surface area contributed by atoms with E-state index in [0.29, 0.717) is 0 Å². The molecule has 0 saturated heterocycles. The van der Waals surface area contributed by atoms with Crippen molar-refractivity contribution in [2.75, 3.05) is 5.75 Å². The van der Waals surface area contributed by atoms with E-state index in [4.69, 9.17) is 16.7 Å². The Labute approximate surface area is 98.6 Å². The maximum absolute atomic E-state index is 10.4. The standard InChI is InChI=1S/C11H13ClO2S/c1-8(6-11(13)14)7-15-10-4-2-9(12)3-5-10/h2-5,8H,6-7H2,1H3,(H,13,14). The number of carboxylic acid groups (broad SMARTS) is 1. The molecule has 0 aliphatic rings. The third-order valence-electron chi connectivity index (χ3n) is 1.87. The van der Waals surface area contributed by atoms with Crippen LogP contribution in [0.15, 0.2) is 29.2 Å². The van der Waals surface area contributed by atoms with Gasteiger partial charge >= 0.3 is 5.97 Å². The van der Waals surface area contributed by atoms with Crippen LogP contribution in [0.5, 0.6) is 0 Å². The van der Waals surface area contributed by atoms with Gasteiger partial charge in [0, 0.05) is 22.1 Å². The van der Waals surface area contributed by atoms with Gasteiger partial charge in [-0.05, 0) is 30.2 Å². The van der Waals surface area contributed by atoms with E-state index >= 15 is 0 Å². The number of aliphatic carboxylic acids is 1. The van der Waals surface area contributed by atoms with Gasteiger partial charge in [-0.1, -0.05) is 18.5 Å². The predicted molar refractivity (Wildman–Crippen MR) is 63.6 cm³/mol. The first kappa shape index (κ1) is 12.4. The monoisotopic (exact) mass is 244 g/mol. The molecule has 0 bridgehead atoms. The molecule has 82 valence electrons. The van der Waals surface area contributed by atoms with Crippen molar-refractivity contribution in [1.29, 1.82) is 0 Å². The van der Waals surface area contributed by atoms with Crippen molar-refractivity contribution < 1.29 is 9.90 Å². The molecule has 15 heavy (non-hydrogen) atoms. The molecular weight excluding hydrogens is 232 g/mol. The van der Waals surface area contributed by atoms with Crippen LogP contribution in [0.25, 0.3) is 0 Å². The van der Waals surface area contributed by atoms with E-state index in [0.717, 1.165) is 15.7 Å². The summed E-state index contributed by atoms with van der Waals surface area (Å²) < 4.78 is 0. The Morgan fingerprint density at radius 3 is 2.60 bits per heavy atom. The third-order valence-corrected chi connectivity index (χ3v) is 3.46. The second-order valence-corrected chi connectivity index (χ2v) is 5.00. The number of carboxylic acids is 1. The molecule has 1 atom stereocenters. The number of benzene rings is 1. The van der Waals surface area contributed by atoms with Gasteiger partial charge in [0.2, 0.25) is 0 Å². The smallest absolute Gasteiger partial charge is 0.303 e. The minimum absolute atomic E-state index is 0.183. The lowest BCUT2D eigenvalue weighted by molar-refractivity contribution is -0.137. The molecule has 0 amide bonds. The van der Waals surface area contributed by atoms with Crippen LogP contribution < -0.4 is 0 Å². The molecule has 0 spiro atoms. The Bertz CT molecular complexity index is 324. The van der Waals surface area contributed by atoms with Crippen LogP contribution >= 0.6 is 23.4 Å². The fraction of sp³-hybridized carbons (Fsp3) is 0.364. The minimum atomic E-state index is -0.737. The van der Waals surface area contributed by atoms with Crippen LogP contribution in [-0.4, -0.2) is 16.8 Å². The Morgan fingerprint density at radius 2 is 2.07 bits per heavy atom. The van der Waals surface area contributed by atoms with E-state index in [1.165, 1.54) is 0 Å². The average Bonchev–Trinajstić information content (AvgIpc) is 2.16. The zero-order valence-corrected chi connectivity index (χ0v) is 10.0. The van der Waals surface area contributed by atoms with Gasteiger partial charge < -0.3 is 5.11 Å². The van der Waals surface area contributed by atoms with Gasteiger partial charge in [-0.25, -0.2) is 0 Å². The van der Waals surface area contributed by atoms with Gasteiger partial charge in [-0.3, -0.25) is 4.79 Å². The largest absolute Gasteiger partial charge is 0.481 e. The second kappa shape index (κ2) is 6.03. The number of hydrogen-bond donors (Lipinski definition) is 1. The number of thioether (sulfide) groups is 1. The summed E-state index contributed by atoms with van der Waals surface area (Å²) in [6.45, 7) is 1.94. The highest BCUT2D eigenvalue weighted by atomic mass is 35.5. The van der Waals surface area contributed by atoms with E-state index in [2.05, 4.69) is 0 Å². The molecule has 4 heteroatoms.